The molecule has 0 aromatic heterocycles. The largest absolute Gasteiger partial charge is 1.00 e. The third-order valence-electron chi connectivity index (χ3n) is 1.07. The van der Waals surface area contributed by atoms with Gasteiger partial charge in [-0.05, 0) is 12.1 Å². The summed E-state index contributed by atoms with van der Waals surface area (Å²) in [5.41, 5.74) is 6.99. The molecule has 0 heterocycles. The second kappa shape index (κ2) is 5.60. The first-order valence-corrected chi connectivity index (χ1v) is 2.98. The average molecular weight is 225 g/mol. The number of hydrogen-bond donors (Lipinski definition) is 2. The molecule has 1 rings (SSSR count). The van der Waals surface area contributed by atoms with Crippen molar-refractivity contribution in [1.82, 2.24) is 0 Å². The minimum atomic E-state index is 0. The van der Waals surface area contributed by atoms with Crippen LogP contribution in [0.15, 0.2) is 24.3 Å². The minimum absolute atomic E-state index is 0. The Labute approximate surface area is 115 Å². The van der Waals surface area contributed by atoms with Gasteiger partial charge in [-0.3, -0.25) is 0 Å². The molecule has 0 aliphatic carbocycles. The number of nitrogens with one attached hydrogen (secondary N) is 1. The molecule has 48 valence electrons. The summed E-state index contributed by atoms with van der Waals surface area (Å²) in [6.07, 6.45) is 0. The fourth-order valence-corrected chi connectivity index (χ4v) is 0.776. The number of benzene rings is 1. The van der Waals surface area contributed by atoms with E-state index < -0.39 is 0 Å². The molecule has 0 aliphatic rings. The van der Waals surface area contributed by atoms with Gasteiger partial charge in [0, 0.05) is 5.69 Å². The Morgan fingerprint density at radius 3 is 2.30 bits per heavy atom. The van der Waals surface area contributed by atoms with E-state index in [0.29, 0.717) is 5.69 Å². The maximum atomic E-state index is 5.50. The van der Waals surface area contributed by atoms with Gasteiger partial charge in [0.15, 0.2) is 0 Å². The summed E-state index contributed by atoms with van der Waals surface area (Å²) in [7, 11) is 0. The molecule has 0 radical (unpaired) electrons. The number of nitrogen functional groups attached to an aromatic ring is 1. The molecule has 0 unspecified atom stereocenters. The molecule has 0 saturated heterocycles. The molecular formula is C6H7N2RbS. The second-order valence-electron chi connectivity index (χ2n) is 1.69. The Kier molecular flexibility index (Phi) is 6.15. The number of hydrogen-bond acceptors (Lipinski definition) is 3. The summed E-state index contributed by atoms with van der Waals surface area (Å²) < 4.78 is 2.55. The smallest absolute Gasteiger partial charge is 0.670 e. The van der Waals surface area contributed by atoms with Gasteiger partial charge in [-0.2, -0.15) is 0 Å². The Hall–Kier alpha value is 0.975. The van der Waals surface area contributed by atoms with E-state index in [4.69, 9.17) is 5.73 Å². The topological polar surface area (TPSA) is 38.0 Å². The quantitative estimate of drug-likeness (QED) is 0.435. The summed E-state index contributed by atoms with van der Waals surface area (Å²) in [6.45, 7) is 0. The van der Waals surface area contributed by atoms with E-state index in [9.17, 15) is 0 Å². The standard InChI is InChI=1S/C6H7N2S.Rb/c7-5-3-1-2-4-6(5)8-9;/h1-4,8H,7H2;/q-1;+1. The zero-order valence-electron chi connectivity index (χ0n) is 5.79. The predicted molar refractivity (Wildman–Crippen MR) is 41.8 cm³/mol. The van der Waals surface area contributed by atoms with Gasteiger partial charge in [-0.25, -0.2) is 0 Å². The molecule has 0 bridgehead atoms. The number of nitrogens with two attached hydrogens (primary N) is 1. The van der Waals surface area contributed by atoms with E-state index in [0.717, 1.165) is 5.69 Å². The van der Waals surface area contributed by atoms with Crippen molar-refractivity contribution in [3.05, 3.63) is 24.3 Å². The fourth-order valence-electron chi connectivity index (χ4n) is 0.590. The molecule has 0 aliphatic heterocycles. The van der Waals surface area contributed by atoms with Gasteiger partial charge in [0.05, 0.1) is 5.69 Å². The monoisotopic (exact) mass is 224 g/mol. The molecule has 1 aromatic rings. The summed E-state index contributed by atoms with van der Waals surface area (Å²) in [6, 6.07) is 7.38. The van der Waals surface area contributed by atoms with E-state index >= 15 is 0 Å². The molecule has 4 heteroatoms. The average Bonchev–Trinajstić information content (AvgIpc) is 1.89. The van der Waals surface area contributed by atoms with Gasteiger partial charge in [0.25, 0.3) is 0 Å². The van der Waals surface area contributed by atoms with Crippen LogP contribution in [0.4, 0.5) is 11.4 Å². The first-order valence-electron chi connectivity index (χ1n) is 2.57. The van der Waals surface area contributed by atoms with Gasteiger partial charge >= 0.3 is 58.2 Å². The van der Waals surface area contributed by atoms with Crippen LogP contribution in [0.5, 0.6) is 0 Å². The van der Waals surface area contributed by atoms with Crippen LogP contribution < -0.4 is 68.6 Å². The molecular weight excluding hydrogens is 218 g/mol. The normalized spacial score (nSPS) is 8.10. The molecule has 0 saturated carbocycles. The molecule has 3 N–H and O–H groups in total. The predicted octanol–water partition coefficient (Wildman–Crippen LogP) is -1.85. The molecule has 10 heavy (non-hydrogen) atoms. The van der Waals surface area contributed by atoms with Crippen molar-refractivity contribution in [3.8, 4) is 0 Å². The van der Waals surface area contributed by atoms with Crippen molar-refractivity contribution in [3.63, 3.8) is 0 Å². The van der Waals surface area contributed by atoms with Crippen molar-refractivity contribution < 1.29 is 58.2 Å². The summed E-state index contributed by atoms with van der Waals surface area (Å²) in [5, 5.41) is 0. The molecule has 0 atom stereocenters. The SMILES string of the molecule is Nc1ccccc1N[S-].[Rb+]. The Bertz CT molecular complexity index is 205. The summed E-state index contributed by atoms with van der Waals surface area (Å²) in [4.78, 5) is 0. The van der Waals surface area contributed by atoms with Crippen molar-refractivity contribution in [1.29, 1.82) is 0 Å². The van der Waals surface area contributed by atoms with Crippen LogP contribution in [0.2, 0.25) is 0 Å². The third-order valence-corrected chi connectivity index (χ3v) is 1.29. The van der Waals surface area contributed by atoms with Crippen molar-refractivity contribution in [2.45, 2.75) is 0 Å². The number of anilines is 2. The second-order valence-corrected chi connectivity index (χ2v) is 1.89. The molecule has 0 fully saturated rings. The van der Waals surface area contributed by atoms with Gasteiger partial charge in [-0.15, -0.1) is 0 Å². The first kappa shape index (κ1) is 11.0. The third kappa shape index (κ3) is 2.92. The van der Waals surface area contributed by atoms with E-state index in [1.807, 2.05) is 18.2 Å². The van der Waals surface area contributed by atoms with E-state index in [2.05, 4.69) is 17.5 Å². The molecule has 1 aromatic carbocycles. The van der Waals surface area contributed by atoms with Crippen LogP contribution in [0.1, 0.15) is 0 Å². The Balaban J connectivity index is 0.000000810. The van der Waals surface area contributed by atoms with Crippen LogP contribution in [0.25, 0.3) is 0 Å². The minimum Gasteiger partial charge on any atom is -0.670 e. The fraction of sp³-hybridized carbons (Fsp3) is 0. The van der Waals surface area contributed by atoms with Gasteiger partial charge in [0.2, 0.25) is 0 Å². The van der Waals surface area contributed by atoms with Crippen LogP contribution in [-0.4, -0.2) is 0 Å². The van der Waals surface area contributed by atoms with Crippen molar-refractivity contribution in [2.75, 3.05) is 10.5 Å². The Morgan fingerprint density at radius 1 is 1.30 bits per heavy atom. The zero-order chi connectivity index (χ0) is 6.69. The zero-order valence-corrected chi connectivity index (χ0v) is 11.5. The maximum absolute atomic E-state index is 5.50. The molecule has 0 amide bonds. The molecule has 2 nitrogen and oxygen atoms in total. The summed E-state index contributed by atoms with van der Waals surface area (Å²) in [5.74, 6) is 0. The van der Waals surface area contributed by atoms with Crippen LogP contribution in [-0.2, 0) is 12.8 Å². The summed E-state index contributed by atoms with van der Waals surface area (Å²) >= 11 is 4.58. The van der Waals surface area contributed by atoms with E-state index in [-0.39, 0.29) is 58.2 Å². The molecule has 0 spiro atoms. The maximum Gasteiger partial charge on any atom is 1.00 e. The van der Waals surface area contributed by atoms with Gasteiger partial charge in [0.1, 0.15) is 0 Å². The number of para-hydroxylation sites is 2. The van der Waals surface area contributed by atoms with Gasteiger partial charge < -0.3 is 23.3 Å². The first-order chi connectivity index (χ1) is 4.34. The van der Waals surface area contributed by atoms with E-state index in [1.165, 1.54) is 0 Å². The van der Waals surface area contributed by atoms with Crippen LogP contribution in [0.3, 0.4) is 0 Å². The van der Waals surface area contributed by atoms with Crippen LogP contribution >= 0.6 is 0 Å². The van der Waals surface area contributed by atoms with Crippen molar-refractivity contribution >= 4 is 24.2 Å². The number of rotatable bonds is 1. The van der Waals surface area contributed by atoms with E-state index in [1.54, 1.807) is 6.07 Å². The Morgan fingerprint density at radius 2 is 1.90 bits per heavy atom. The van der Waals surface area contributed by atoms with Crippen LogP contribution in [0, 0.1) is 0 Å². The van der Waals surface area contributed by atoms with Gasteiger partial charge in [-0.1, -0.05) is 12.1 Å². The van der Waals surface area contributed by atoms with Crippen molar-refractivity contribution in [2.24, 2.45) is 0 Å².